The van der Waals surface area contributed by atoms with Gasteiger partial charge < -0.3 is 10.2 Å². The van der Waals surface area contributed by atoms with Gasteiger partial charge in [-0.2, -0.15) is 15.4 Å². The number of rotatable bonds is 4. The maximum atomic E-state index is 12.9. The van der Waals surface area contributed by atoms with Gasteiger partial charge in [0, 0.05) is 37.3 Å². The lowest BCUT2D eigenvalue weighted by molar-refractivity contribution is -0.127. The van der Waals surface area contributed by atoms with E-state index in [0.29, 0.717) is 17.6 Å². The van der Waals surface area contributed by atoms with Crippen LogP contribution in [0.4, 0.5) is 0 Å². The van der Waals surface area contributed by atoms with Crippen molar-refractivity contribution in [2.45, 2.75) is 50.6 Å². The smallest absolute Gasteiger partial charge is 0.253 e. The van der Waals surface area contributed by atoms with Crippen molar-refractivity contribution in [1.29, 1.82) is 0 Å². The quantitative estimate of drug-likeness (QED) is 0.818. The molecular weight excluding hydrogens is 368 g/mol. The zero-order valence-electron chi connectivity index (χ0n) is 16.6. The average Bonchev–Trinajstić information content (AvgIpc) is 3.46. The van der Waals surface area contributed by atoms with Gasteiger partial charge in [-0.3, -0.25) is 14.5 Å². The topological polar surface area (TPSA) is 94.2 Å². The molecule has 1 saturated carbocycles. The molecule has 29 heavy (non-hydrogen) atoms. The minimum atomic E-state index is 0.0636. The second-order valence-corrected chi connectivity index (χ2v) is 8.67. The Morgan fingerprint density at radius 3 is 2.59 bits per heavy atom. The first kappa shape index (κ1) is 18.5. The fourth-order valence-electron chi connectivity index (χ4n) is 4.69. The molecule has 0 spiro atoms. The molecule has 1 aromatic carbocycles. The normalized spacial score (nSPS) is 24.0. The number of aromatic nitrogens is 3. The number of carbonyl (C=O) groups is 2. The highest BCUT2D eigenvalue weighted by molar-refractivity contribution is 5.97. The maximum absolute atomic E-state index is 12.9. The summed E-state index contributed by atoms with van der Waals surface area (Å²) in [5.74, 6) is 0.431. The maximum Gasteiger partial charge on any atom is 0.253 e. The van der Waals surface area contributed by atoms with Crippen molar-refractivity contribution in [2.75, 3.05) is 26.2 Å². The van der Waals surface area contributed by atoms with Crippen molar-refractivity contribution in [2.24, 2.45) is 5.92 Å². The van der Waals surface area contributed by atoms with E-state index >= 15 is 0 Å². The van der Waals surface area contributed by atoms with Crippen LogP contribution in [0.15, 0.2) is 18.2 Å². The molecule has 8 nitrogen and oxygen atoms in total. The van der Waals surface area contributed by atoms with Crippen LogP contribution in [-0.4, -0.2) is 75.3 Å². The number of benzene rings is 1. The zero-order chi connectivity index (χ0) is 19.8. The molecule has 5 rings (SSSR count). The van der Waals surface area contributed by atoms with Gasteiger partial charge >= 0.3 is 0 Å². The van der Waals surface area contributed by atoms with E-state index in [1.54, 1.807) is 6.07 Å². The van der Waals surface area contributed by atoms with Crippen molar-refractivity contribution < 1.29 is 9.59 Å². The van der Waals surface area contributed by atoms with Gasteiger partial charge in [-0.05, 0) is 63.3 Å². The second-order valence-electron chi connectivity index (χ2n) is 8.67. The van der Waals surface area contributed by atoms with Crippen molar-refractivity contribution >= 4 is 22.8 Å². The summed E-state index contributed by atoms with van der Waals surface area (Å²) in [5, 5.41) is 13.9. The number of aromatic amines is 1. The summed E-state index contributed by atoms with van der Waals surface area (Å²) < 4.78 is 0. The monoisotopic (exact) mass is 396 g/mol. The van der Waals surface area contributed by atoms with Crippen LogP contribution in [0.1, 0.15) is 48.9 Å². The predicted molar refractivity (Wildman–Crippen MR) is 108 cm³/mol. The molecule has 0 bridgehead atoms. The van der Waals surface area contributed by atoms with E-state index in [0.717, 1.165) is 75.7 Å². The number of hydrogen-bond donors (Lipinski definition) is 2. The molecule has 2 saturated heterocycles. The number of amides is 2. The molecule has 3 aliphatic rings. The van der Waals surface area contributed by atoms with Gasteiger partial charge in [0.15, 0.2) is 0 Å². The van der Waals surface area contributed by atoms with E-state index in [1.807, 2.05) is 17.0 Å². The Labute approximate surface area is 170 Å². The SMILES string of the molecule is O=C(NC1CC1)C1CCCN(C2CCN(C(=O)c3ccc4n[nH]nc4c3)CC2)C1. The molecule has 0 radical (unpaired) electrons. The summed E-state index contributed by atoms with van der Waals surface area (Å²) in [6, 6.07) is 6.37. The van der Waals surface area contributed by atoms with Gasteiger partial charge in [0.05, 0.1) is 5.92 Å². The molecule has 2 N–H and O–H groups in total. The predicted octanol–water partition coefficient (Wildman–Crippen LogP) is 1.55. The van der Waals surface area contributed by atoms with Crippen LogP contribution in [0, 0.1) is 5.92 Å². The van der Waals surface area contributed by atoms with Crippen molar-refractivity contribution in [3.8, 4) is 0 Å². The van der Waals surface area contributed by atoms with E-state index < -0.39 is 0 Å². The third-order valence-corrected chi connectivity index (χ3v) is 6.58. The van der Waals surface area contributed by atoms with Gasteiger partial charge in [0.1, 0.15) is 11.0 Å². The zero-order valence-corrected chi connectivity index (χ0v) is 16.6. The lowest BCUT2D eigenvalue weighted by Gasteiger charge is -2.42. The number of nitrogens with zero attached hydrogens (tertiary/aromatic N) is 4. The fourth-order valence-corrected chi connectivity index (χ4v) is 4.69. The van der Waals surface area contributed by atoms with Crippen LogP contribution < -0.4 is 5.32 Å². The molecule has 1 aliphatic carbocycles. The van der Waals surface area contributed by atoms with Crippen molar-refractivity contribution in [1.82, 2.24) is 30.5 Å². The standard InChI is InChI=1S/C21H28N6O2/c28-20(22-16-4-5-16)15-2-1-9-27(13-15)17-7-10-26(11-8-17)21(29)14-3-6-18-19(12-14)24-25-23-18/h3,6,12,15-17H,1-2,4-5,7-11,13H2,(H,22,28)(H,23,24,25). The molecule has 154 valence electrons. The van der Waals surface area contributed by atoms with Crippen LogP contribution in [0.25, 0.3) is 11.0 Å². The minimum absolute atomic E-state index is 0.0636. The summed E-state index contributed by atoms with van der Waals surface area (Å²) in [4.78, 5) is 29.8. The Morgan fingerprint density at radius 2 is 1.79 bits per heavy atom. The highest BCUT2D eigenvalue weighted by atomic mass is 16.2. The Kier molecular flexibility index (Phi) is 4.95. The van der Waals surface area contributed by atoms with Crippen LogP contribution >= 0.6 is 0 Å². The third kappa shape index (κ3) is 3.99. The van der Waals surface area contributed by atoms with Crippen LogP contribution in [0.3, 0.4) is 0 Å². The summed E-state index contributed by atoms with van der Waals surface area (Å²) in [7, 11) is 0. The molecule has 3 heterocycles. The molecule has 3 fully saturated rings. The summed E-state index contributed by atoms with van der Waals surface area (Å²) in [6.07, 6.45) is 6.29. The first-order valence-corrected chi connectivity index (χ1v) is 10.8. The van der Waals surface area contributed by atoms with Crippen LogP contribution in [-0.2, 0) is 4.79 Å². The second kappa shape index (κ2) is 7.74. The fraction of sp³-hybridized carbons (Fsp3) is 0.619. The van der Waals surface area contributed by atoms with E-state index in [9.17, 15) is 9.59 Å². The number of piperidine rings is 2. The highest BCUT2D eigenvalue weighted by Gasteiger charge is 2.34. The molecule has 1 unspecified atom stereocenters. The number of fused-ring (bicyclic) bond motifs is 1. The molecule has 2 aliphatic heterocycles. The number of hydrogen-bond acceptors (Lipinski definition) is 5. The number of H-pyrrole nitrogens is 1. The Hall–Kier alpha value is -2.48. The lowest BCUT2D eigenvalue weighted by Crippen LogP contribution is -2.51. The van der Waals surface area contributed by atoms with Gasteiger partial charge in [0.2, 0.25) is 5.91 Å². The minimum Gasteiger partial charge on any atom is -0.353 e. The summed E-state index contributed by atoms with van der Waals surface area (Å²) in [5.41, 5.74) is 2.15. The van der Waals surface area contributed by atoms with Gasteiger partial charge in [0.25, 0.3) is 5.91 Å². The Bertz CT molecular complexity index is 899. The number of nitrogens with one attached hydrogen (secondary N) is 2. The Balaban J connectivity index is 1.16. The molecule has 2 aromatic rings. The molecule has 1 aromatic heterocycles. The molecular formula is C21H28N6O2. The van der Waals surface area contributed by atoms with Gasteiger partial charge in [-0.15, -0.1) is 0 Å². The van der Waals surface area contributed by atoms with E-state index in [4.69, 9.17) is 0 Å². The first-order valence-electron chi connectivity index (χ1n) is 10.8. The van der Waals surface area contributed by atoms with E-state index in [2.05, 4.69) is 25.6 Å². The van der Waals surface area contributed by atoms with Crippen LogP contribution in [0.2, 0.25) is 0 Å². The number of likely N-dealkylation sites (tertiary alicyclic amines) is 2. The average molecular weight is 396 g/mol. The highest BCUT2D eigenvalue weighted by Crippen LogP contribution is 2.26. The van der Waals surface area contributed by atoms with Crippen LogP contribution in [0.5, 0.6) is 0 Å². The molecule has 8 heteroatoms. The molecule has 1 atom stereocenters. The van der Waals surface area contributed by atoms with Crippen molar-refractivity contribution in [3.05, 3.63) is 23.8 Å². The lowest BCUT2D eigenvalue weighted by atomic mass is 9.93. The Morgan fingerprint density at radius 1 is 1.00 bits per heavy atom. The van der Waals surface area contributed by atoms with E-state index in [-0.39, 0.29) is 17.7 Å². The summed E-state index contributed by atoms with van der Waals surface area (Å²) in [6.45, 7) is 3.44. The molecule has 2 amide bonds. The van der Waals surface area contributed by atoms with Gasteiger partial charge in [-0.1, -0.05) is 0 Å². The van der Waals surface area contributed by atoms with Gasteiger partial charge in [-0.25, -0.2) is 0 Å². The number of carbonyl (C=O) groups excluding carboxylic acids is 2. The summed E-state index contributed by atoms with van der Waals surface area (Å²) >= 11 is 0. The first-order chi connectivity index (χ1) is 14.2. The van der Waals surface area contributed by atoms with Crippen molar-refractivity contribution in [3.63, 3.8) is 0 Å². The largest absolute Gasteiger partial charge is 0.353 e. The third-order valence-electron chi connectivity index (χ3n) is 6.58. The van der Waals surface area contributed by atoms with E-state index in [1.165, 1.54) is 0 Å².